The van der Waals surface area contributed by atoms with Gasteiger partial charge in [0, 0.05) is 31.6 Å². The average molecular weight is 283 g/mol. The third-order valence-electron chi connectivity index (χ3n) is 4.85. The second-order valence-corrected chi connectivity index (χ2v) is 6.36. The van der Waals surface area contributed by atoms with Gasteiger partial charge in [-0.3, -0.25) is 4.79 Å². The van der Waals surface area contributed by atoms with E-state index in [1.165, 1.54) is 0 Å². The van der Waals surface area contributed by atoms with Crippen molar-refractivity contribution in [2.75, 3.05) is 26.7 Å². The zero-order valence-electron chi connectivity index (χ0n) is 13.0. The Kier molecular flexibility index (Phi) is 5.81. The van der Waals surface area contributed by atoms with Crippen molar-refractivity contribution >= 4 is 5.91 Å². The van der Waals surface area contributed by atoms with E-state index >= 15 is 0 Å². The molecule has 20 heavy (non-hydrogen) atoms. The summed E-state index contributed by atoms with van der Waals surface area (Å²) in [6.07, 6.45) is 3.90. The van der Waals surface area contributed by atoms with Gasteiger partial charge in [0.1, 0.15) is 0 Å². The van der Waals surface area contributed by atoms with E-state index in [1.807, 2.05) is 5.06 Å². The number of nitrogens with zero attached hydrogens (tertiary/aromatic N) is 1. The van der Waals surface area contributed by atoms with Crippen molar-refractivity contribution in [2.24, 2.45) is 11.8 Å². The summed E-state index contributed by atoms with van der Waals surface area (Å²) in [4.78, 5) is 17.5. The van der Waals surface area contributed by atoms with Gasteiger partial charge >= 0.3 is 0 Å². The van der Waals surface area contributed by atoms with E-state index in [0.717, 1.165) is 38.9 Å². The quantitative estimate of drug-likeness (QED) is 0.813. The molecule has 0 aliphatic carbocycles. The second kappa shape index (κ2) is 7.38. The van der Waals surface area contributed by atoms with Gasteiger partial charge in [0.25, 0.3) is 0 Å². The first-order chi connectivity index (χ1) is 9.60. The fourth-order valence-corrected chi connectivity index (χ4v) is 3.41. The van der Waals surface area contributed by atoms with Crippen LogP contribution in [0.25, 0.3) is 0 Å². The monoisotopic (exact) mass is 283 g/mol. The van der Waals surface area contributed by atoms with E-state index in [2.05, 4.69) is 24.5 Å². The molecule has 116 valence electrons. The molecule has 3 atom stereocenters. The van der Waals surface area contributed by atoms with Gasteiger partial charge in [-0.2, -0.15) is 5.06 Å². The van der Waals surface area contributed by atoms with Crippen molar-refractivity contribution in [1.29, 1.82) is 0 Å². The molecule has 0 radical (unpaired) electrons. The number of carbonyl (C=O) groups excluding carboxylic acids is 1. The highest BCUT2D eigenvalue weighted by Crippen LogP contribution is 2.21. The fourth-order valence-electron chi connectivity index (χ4n) is 3.41. The van der Waals surface area contributed by atoms with E-state index in [9.17, 15) is 4.79 Å². The number of carbonyl (C=O) groups is 1. The highest BCUT2D eigenvalue weighted by Gasteiger charge is 2.29. The topological polar surface area (TPSA) is 53.6 Å². The Bertz CT molecular complexity index is 306. The van der Waals surface area contributed by atoms with Crippen molar-refractivity contribution in [3.8, 4) is 0 Å². The lowest BCUT2D eigenvalue weighted by Crippen LogP contribution is -2.56. The van der Waals surface area contributed by atoms with Gasteiger partial charge in [-0.05, 0) is 44.6 Å². The van der Waals surface area contributed by atoms with Gasteiger partial charge in [-0.15, -0.1) is 0 Å². The van der Waals surface area contributed by atoms with Crippen LogP contribution < -0.4 is 10.6 Å². The Balaban J connectivity index is 1.75. The number of hydrogen-bond donors (Lipinski definition) is 2. The van der Waals surface area contributed by atoms with Crippen LogP contribution in [-0.4, -0.2) is 49.8 Å². The Morgan fingerprint density at radius 1 is 1.30 bits per heavy atom. The van der Waals surface area contributed by atoms with Gasteiger partial charge in [0.2, 0.25) is 5.91 Å². The number of amides is 1. The maximum Gasteiger partial charge on any atom is 0.220 e. The molecule has 0 aromatic heterocycles. The lowest BCUT2D eigenvalue weighted by molar-refractivity contribution is -0.150. The molecule has 0 spiro atoms. The largest absolute Gasteiger partial charge is 0.352 e. The predicted molar refractivity (Wildman–Crippen MR) is 79.1 cm³/mol. The molecule has 2 aliphatic rings. The summed E-state index contributed by atoms with van der Waals surface area (Å²) in [7, 11) is 1.71. The predicted octanol–water partition coefficient (Wildman–Crippen LogP) is 1.15. The molecule has 2 saturated heterocycles. The van der Waals surface area contributed by atoms with Crippen molar-refractivity contribution in [3.63, 3.8) is 0 Å². The van der Waals surface area contributed by atoms with Crippen LogP contribution in [0, 0.1) is 11.8 Å². The molecule has 1 amide bonds. The first-order valence-electron chi connectivity index (χ1n) is 7.92. The third-order valence-corrected chi connectivity index (χ3v) is 4.85. The summed E-state index contributed by atoms with van der Waals surface area (Å²) in [5.41, 5.74) is 0. The molecule has 0 aromatic rings. The standard InChI is InChI=1S/C15H29N3O2/c1-11-4-7-16-12(2)15(11)17-14(19)10-13-5-8-18(20-3)9-6-13/h11-13,15-16H,4-10H2,1-3H3,(H,17,19)/t11-,12-,15+/m0/s1. The first kappa shape index (κ1) is 15.7. The highest BCUT2D eigenvalue weighted by molar-refractivity contribution is 5.76. The Morgan fingerprint density at radius 2 is 2.00 bits per heavy atom. The van der Waals surface area contributed by atoms with Gasteiger partial charge in [-0.25, -0.2) is 0 Å². The first-order valence-corrected chi connectivity index (χ1v) is 7.92. The van der Waals surface area contributed by atoms with Gasteiger partial charge in [0.05, 0.1) is 7.11 Å². The molecule has 2 N–H and O–H groups in total. The number of nitrogens with one attached hydrogen (secondary N) is 2. The Hall–Kier alpha value is -0.650. The van der Waals surface area contributed by atoms with Crippen LogP contribution in [0.5, 0.6) is 0 Å². The maximum atomic E-state index is 12.2. The number of hydroxylamine groups is 2. The molecule has 0 unspecified atom stereocenters. The molecular formula is C15H29N3O2. The third kappa shape index (κ3) is 4.17. The Morgan fingerprint density at radius 3 is 2.60 bits per heavy atom. The average Bonchev–Trinajstić information content (AvgIpc) is 2.44. The van der Waals surface area contributed by atoms with E-state index in [0.29, 0.717) is 24.3 Å². The van der Waals surface area contributed by atoms with Crippen LogP contribution in [0.1, 0.15) is 39.5 Å². The van der Waals surface area contributed by atoms with E-state index in [1.54, 1.807) is 7.11 Å². The van der Waals surface area contributed by atoms with Crippen LogP contribution in [0.2, 0.25) is 0 Å². The summed E-state index contributed by atoms with van der Waals surface area (Å²) in [6, 6.07) is 0.647. The van der Waals surface area contributed by atoms with Crippen LogP contribution in [0.15, 0.2) is 0 Å². The van der Waals surface area contributed by atoms with E-state index < -0.39 is 0 Å². The van der Waals surface area contributed by atoms with Gasteiger partial charge < -0.3 is 15.5 Å². The van der Waals surface area contributed by atoms with Crippen LogP contribution >= 0.6 is 0 Å². The summed E-state index contributed by atoms with van der Waals surface area (Å²) in [5, 5.41) is 8.67. The molecule has 0 bridgehead atoms. The van der Waals surface area contributed by atoms with E-state index in [-0.39, 0.29) is 11.9 Å². The Labute approximate surface area is 122 Å². The minimum Gasteiger partial charge on any atom is -0.352 e. The van der Waals surface area contributed by atoms with Crippen LogP contribution in [-0.2, 0) is 9.63 Å². The molecule has 2 aliphatic heterocycles. The van der Waals surface area contributed by atoms with Crippen LogP contribution in [0.4, 0.5) is 0 Å². The highest BCUT2D eigenvalue weighted by atomic mass is 16.7. The zero-order chi connectivity index (χ0) is 14.5. The molecule has 0 saturated carbocycles. The van der Waals surface area contributed by atoms with Gasteiger partial charge in [0.15, 0.2) is 0 Å². The summed E-state index contributed by atoms with van der Waals surface area (Å²) in [5.74, 6) is 1.28. The van der Waals surface area contributed by atoms with Gasteiger partial charge in [-0.1, -0.05) is 6.92 Å². The lowest BCUT2D eigenvalue weighted by atomic mass is 9.88. The number of hydrogen-bond acceptors (Lipinski definition) is 4. The van der Waals surface area contributed by atoms with Crippen molar-refractivity contribution < 1.29 is 9.63 Å². The second-order valence-electron chi connectivity index (χ2n) is 6.36. The van der Waals surface area contributed by atoms with Crippen molar-refractivity contribution in [2.45, 2.75) is 51.6 Å². The molecule has 2 rings (SSSR count). The minimum atomic E-state index is 0.216. The SMILES string of the molecule is CON1CCC(CC(=O)N[C@H]2[C@H](C)NCC[C@@H]2C)CC1. The molecule has 2 heterocycles. The van der Waals surface area contributed by atoms with E-state index in [4.69, 9.17) is 4.84 Å². The lowest BCUT2D eigenvalue weighted by Gasteiger charge is -2.36. The molecule has 0 aromatic carbocycles. The number of piperidine rings is 2. The molecule has 2 fully saturated rings. The molecular weight excluding hydrogens is 254 g/mol. The summed E-state index contributed by atoms with van der Waals surface area (Å²) in [6.45, 7) is 7.33. The fraction of sp³-hybridized carbons (Fsp3) is 0.933. The normalized spacial score (nSPS) is 33.0. The van der Waals surface area contributed by atoms with Crippen molar-refractivity contribution in [1.82, 2.24) is 15.7 Å². The smallest absolute Gasteiger partial charge is 0.220 e. The maximum absolute atomic E-state index is 12.2. The molecule has 5 heteroatoms. The van der Waals surface area contributed by atoms with Crippen LogP contribution in [0.3, 0.4) is 0 Å². The summed E-state index contributed by atoms with van der Waals surface area (Å²) < 4.78 is 0. The number of rotatable bonds is 4. The molecule has 5 nitrogen and oxygen atoms in total. The van der Waals surface area contributed by atoms with Crippen molar-refractivity contribution in [3.05, 3.63) is 0 Å². The zero-order valence-corrected chi connectivity index (χ0v) is 13.0. The minimum absolute atomic E-state index is 0.216. The summed E-state index contributed by atoms with van der Waals surface area (Å²) >= 11 is 0.